The molecule has 1 aliphatic carbocycles. The van der Waals surface area contributed by atoms with Crippen LogP contribution < -0.4 is 4.74 Å². The van der Waals surface area contributed by atoms with Gasteiger partial charge in [-0.3, -0.25) is 4.79 Å². The Morgan fingerprint density at radius 2 is 1.73 bits per heavy atom. The van der Waals surface area contributed by atoms with Crippen LogP contribution in [0.25, 0.3) is 21.9 Å². The molecule has 1 aliphatic rings. The van der Waals surface area contributed by atoms with E-state index in [0.717, 1.165) is 46.7 Å². The van der Waals surface area contributed by atoms with Crippen molar-refractivity contribution in [2.75, 3.05) is 0 Å². The average Bonchev–Trinajstić information content (AvgIpc) is 2.73. The summed E-state index contributed by atoms with van der Waals surface area (Å²) in [6.45, 7) is 3.87. The van der Waals surface area contributed by atoms with Crippen LogP contribution in [0.3, 0.4) is 0 Å². The molecule has 3 aromatic carbocycles. The van der Waals surface area contributed by atoms with Crippen LogP contribution in [-0.2, 0) is 4.79 Å². The van der Waals surface area contributed by atoms with Crippen molar-refractivity contribution in [3.05, 3.63) is 77.4 Å². The third kappa shape index (κ3) is 3.61. The van der Waals surface area contributed by atoms with Crippen LogP contribution in [0.5, 0.6) is 5.75 Å². The summed E-state index contributed by atoms with van der Waals surface area (Å²) >= 11 is 0. The third-order valence-electron chi connectivity index (χ3n) is 5.85. The van der Waals surface area contributed by atoms with Crippen LogP contribution in [0.1, 0.15) is 42.1 Å². The monoisotopic (exact) mass is 400 g/mol. The first-order chi connectivity index (χ1) is 14.5. The van der Waals surface area contributed by atoms with Gasteiger partial charge in [-0.15, -0.1) is 0 Å². The van der Waals surface area contributed by atoms with E-state index in [1.807, 2.05) is 50.2 Å². The van der Waals surface area contributed by atoms with Gasteiger partial charge in [0.05, 0.1) is 11.5 Å². The Kier molecular flexibility index (Phi) is 5.40. The topological polar surface area (TPSA) is 63.6 Å². The van der Waals surface area contributed by atoms with Gasteiger partial charge < -0.3 is 9.84 Å². The van der Waals surface area contributed by atoms with E-state index < -0.39 is 5.97 Å². The number of rotatable bonds is 4. The zero-order valence-corrected chi connectivity index (χ0v) is 17.1. The zero-order valence-electron chi connectivity index (χ0n) is 17.1. The maximum atomic E-state index is 13.0. The van der Waals surface area contributed by atoms with Crippen molar-refractivity contribution in [1.82, 2.24) is 0 Å². The summed E-state index contributed by atoms with van der Waals surface area (Å²) in [6, 6.07) is 16.6. The smallest absolute Gasteiger partial charge is 0.336 e. The number of allylic oxidation sites excluding steroid dienone is 1. The molecule has 152 valence electrons. The second-order valence-corrected chi connectivity index (χ2v) is 7.82. The summed E-state index contributed by atoms with van der Waals surface area (Å²) in [5.41, 5.74) is 3.54. The molecule has 0 fully saturated rings. The molecule has 0 bridgehead atoms. The zero-order chi connectivity index (χ0) is 21.3. The highest BCUT2D eigenvalue weighted by atomic mass is 16.5. The van der Waals surface area contributed by atoms with Crippen molar-refractivity contribution in [1.29, 1.82) is 0 Å². The van der Waals surface area contributed by atoms with Crippen molar-refractivity contribution < 1.29 is 19.4 Å². The molecule has 0 heterocycles. The summed E-state index contributed by atoms with van der Waals surface area (Å²) in [6.07, 6.45) is 4.87. The summed E-state index contributed by atoms with van der Waals surface area (Å²) in [4.78, 5) is 24.9. The molecular weight excluding hydrogens is 376 g/mol. The highest BCUT2D eigenvalue weighted by Gasteiger charge is 2.25. The second-order valence-electron chi connectivity index (χ2n) is 7.82. The number of carboxylic acid groups (broad SMARTS) is 1. The lowest BCUT2D eigenvalue weighted by Crippen LogP contribution is -2.23. The summed E-state index contributed by atoms with van der Waals surface area (Å²) in [7, 11) is 0. The first kappa shape index (κ1) is 19.9. The Hall–Kier alpha value is -3.40. The highest BCUT2D eigenvalue weighted by molar-refractivity contribution is 6.07. The van der Waals surface area contributed by atoms with Gasteiger partial charge in [-0.2, -0.15) is 0 Å². The Morgan fingerprint density at radius 3 is 2.47 bits per heavy atom. The molecular formula is C26H24O4. The lowest BCUT2D eigenvalue weighted by Gasteiger charge is -2.21. The quantitative estimate of drug-likeness (QED) is 0.323. The maximum Gasteiger partial charge on any atom is 0.336 e. The van der Waals surface area contributed by atoms with E-state index in [-0.39, 0.29) is 17.5 Å². The lowest BCUT2D eigenvalue weighted by molar-refractivity contribution is -0.137. The normalized spacial score (nSPS) is 16.2. The minimum absolute atomic E-state index is 0.228. The average molecular weight is 400 g/mol. The molecule has 0 radical (unpaired) electrons. The fourth-order valence-corrected chi connectivity index (χ4v) is 4.31. The van der Waals surface area contributed by atoms with Crippen LogP contribution in [-0.4, -0.2) is 17.0 Å². The van der Waals surface area contributed by atoms with Crippen molar-refractivity contribution in [3.8, 4) is 16.9 Å². The molecule has 4 rings (SSSR count). The minimum atomic E-state index is -0.983. The van der Waals surface area contributed by atoms with E-state index in [0.29, 0.717) is 11.3 Å². The number of fused-ring (bicyclic) bond motifs is 1. The van der Waals surface area contributed by atoms with Crippen LogP contribution in [0.15, 0.2) is 66.2 Å². The van der Waals surface area contributed by atoms with Crippen LogP contribution in [0, 0.1) is 12.8 Å². The van der Waals surface area contributed by atoms with Gasteiger partial charge in [-0.05, 0) is 67.3 Å². The van der Waals surface area contributed by atoms with E-state index in [1.54, 1.807) is 18.2 Å². The first-order valence-electron chi connectivity index (χ1n) is 10.2. The molecule has 1 unspecified atom stereocenters. The van der Waals surface area contributed by atoms with Gasteiger partial charge in [-0.25, -0.2) is 4.79 Å². The summed E-state index contributed by atoms with van der Waals surface area (Å²) in [5.74, 6) is -1.00. The van der Waals surface area contributed by atoms with E-state index in [1.165, 1.54) is 0 Å². The van der Waals surface area contributed by atoms with Gasteiger partial charge in [-0.1, -0.05) is 54.1 Å². The fourth-order valence-electron chi connectivity index (χ4n) is 4.31. The number of aryl methyl sites for hydroxylation is 1. The minimum Gasteiger partial charge on any atom is -0.478 e. The number of hydrogen-bond acceptors (Lipinski definition) is 3. The molecule has 1 N–H and O–H groups in total. The number of carboxylic acids is 1. The molecule has 0 amide bonds. The van der Waals surface area contributed by atoms with Gasteiger partial charge >= 0.3 is 11.9 Å². The van der Waals surface area contributed by atoms with Crippen LogP contribution in [0.4, 0.5) is 0 Å². The Labute approximate surface area is 175 Å². The standard InChI is InChI=1S/C26H24O4/c1-16-8-3-4-12-19(16)26(29)30-22-15-7-11-18-10-6-13-20(24(18)22)23-17(2)9-5-14-21(23)25(27)28/h5-11,13-15,19H,3-4,12H2,1-2H3,(H,27,28). The number of benzene rings is 3. The van der Waals surface area contributed by atoms with Crippen LogP contribution >= 0.6 is 0 Å². The molecule has 0 aliphatic heterocycles. The molecule has 4 nitrogen and oxygen atoms in total. The number of carbonyl (C=O) groups is 2. The predicted molar refractivity (Wildman–Crippen MR) is 118 cm³/mol. The summed E-state index contributed by atoms with van der Waals surface area (Å²) in [5, 5.41) is 11.4. The second kappa shape index (κ2) is 8.15. The Balaban J connectivity index is 1.87. The molecule has 0 saturated heterocycles. The maximum absolute atomic E-state index is 13.0. The molecule has 0 aromatic heterocycles. The molecule has 1 atom stereocenters. The van der Waals surface area contributed by atoms with Gasteiger partial charge in [0.1, 0.15) is 5.75 Å². The lowest BCUT2D eigenvalue weighted by atomic mass is 9.88. The van der Waals surface area contributed by atoms with Gasteiger partial charge in [0.25, 0.3) is 0 Å². The Bertz CT molecular complexity index is 1170. The van der Waals surface area contributed by atoms with E-state index in [9.17, 15) is 14.7 Å². The highest BCUT2D eigenvalue weighted by Crippen LogP contribution is 2.39. The number of ether oxygens (including phenoxy) is 1. The van der Waals surface area contributed by atoms with E-state index >= 15 is 0 Å². The van der Waals surface area contributed by atoms with Crippen molar-refractivity contribution in [2.24, 2.45) is 5.92 Å². The van der Waals surface area contributed by atoms with E-state index in [4.69, 9.17) is 4.74 Å². The third-order valence-corrected chi connectivity index (χ3v) is 5.85. The summed E-state index contributed by atoms with van der Waals surface area (Å²) < 4.78 is 5.91. The number of aromatic carboxylic acids is 1. The predicted octanol–water partition coefficient (Wildman–Crippen LogP) is 6.17. The van der Waals surface area contributed by atoms with Gasteiger partial charge in [0, 0.05) is 5.39 Å². The van der Waals surface area contributed by atoms with Crippen LogP contribution in [0.2, 0.25) is 0 Å². The van der Waals surface area contributed by atoms with Crippen molar-refractivity contribution >= 4 is 22.7 Å². The molecule has 30 heavy (non-hydrogen) atoms. The first-order valence-corrected chi connectivity index (χ1v) is 10.2. The SMILES string of the molecule is CC1=CCCCC1C(=O)Oc1cccc2cccc(-c3c(C)cccc3C(=O)O)c12. The molecule has 3 aromatic rings. The number of hydrogen-bond donors (Lipinski definition) is 1. The number of esters is 1. The molecule has 4 heteroatoms. The van der Waals surface area contributed by atoms with E-state index in [2.05, 4.69) is 6.08 Å². The molecule has 0 saturated carbocycles. The van der Waals surface area contributed by atoms with Crippen molar-refractivity contribution in [2.45, 2.75) is 33.1 Å². The van der Waals surface area contributed by atoms with Gasteiger partial charge in [0.15, 0.2) is 0 Å². The van der Waals surface area contributed by atoms with Crippen molar-refractivity contribution in [3.63, 3.8) is 0 Å². The fraction of sp³-hybridized carbons (Fsp3) is 0.231. The van der Waals surface area contributed by atoms with Gasteiger partial charge in [0.2, 0.25) is 0 Å². The number of carbonyl (C=O) groups excluding carboxylic acids is 1. The largest absolute Gasteiger partial charge is 0.478 e. The molecule has 0 spiro atoms. The Morgan fingerprint density at radius 1 is 1.00 bits per heavy atom.